The van der Waals surface area contributed by atoms with Crippen molar-refractivity contribution in [3.05, 3.63) is 60.4 Å². The Hall–Kier alpha value is -2.75. The molecule has 0 spiro atoms. The lowest BCUT2D eigenvalue weighted by atomic mass is 9.99. The second-order valence-corrected chi connectivity index (χ2v) is 6.95. The number of hydrogen-bond donors (Lipinski definition) is 1. The molecule has 1 aliphatic heterocycles. The number of rotatable bonds is 3. The van der Waals surface area contributed by atoms with Crippen LogP contribution in [0.3, 0.4) is 0 Å². The van der Waals surface area contributed by atoms with Crippen LogP contribution in [0.5, 0.6) is 0 Å². The van der Waals surface area contributed by atoms with Gasteiger partial charge in [-0.3, -0.25) is 4.79 Å². The van der Waals surface area contributed by atoms with Crippen LogP contribution in [-0.2, 0) is 0 Å². The van der Waals surface area contributed by atoms with Gasteiger partial charge in [-0.1, -0.05) is 30.3 Å². The van der Waals surface area contributed by atoms with Gasteiger partial charge in [-0.05, 0) is 38.1 Å². The molecular formula is C20H20N2O2. The smallest absolute Gasteiger partial charge is 0.217 e. The van der Waals surface area contributed by atoms with E-state index in [4.69, 9.17) is 4.42 Å². The standard InChI is InChI=1S/C20H20N2O2/c1-20(2)13-22(16-9-5-4-8-15(16)21-20)12-17(23)19-11-14-7-3-6-10-18(14)24-19/h3-11,21H,12-13H2,1-2H3. The predicted molar refractivity (Wildman–Crippen MR) is 96.9 cm³/mol. The maximum absolute atomic E-state index is 12.7. The van der Waals surface area contributed by atoms with Crippen LogP contribution >= 0.6 is 0 Å². The number of hydrogen-bond acceptors (Lipinski definition) is 4. The highest BCUT2D eigenvalue weighted by molar-refractivity contribution is 6.00. The normalized spacial score (nSPS) is 15.8. The third-order valence-electron chi connectivity index (χ3n) is 4.34. The van der Waals surface area contributed by atoms with E-state index in [2.05, 4.69) is 30.1 Å². The van der Waals surface area contributed by atoms with Crippen molar-refractivity contribution in [2.45, 2.75) is 19.4 Å². The number of nitrogens with zero attached hydrogens (tertiary/aromatic N) is 1. The summed E-state index contributed by atoms with van der Waals surface area (Å²) in [4.78, 5) is 14.9. The number of fused-ring (bicyclic) bond motifs is 2. The number of para-hydroxylation sites is 3. The van der Waals surface area contributed by atoms with Gasteiger partial charge < -0.3 is 14.6 Å². The Bertz CT molecular complexity index is 878. The van der Waals surface area contributed by atoms with Crippen LogP contribution in [0, 0.1) is 0 Å². The molecule has 1 N–H and O–H groups in total. The van der Waals surface area contributed by atoms with Crippen LogP contribution < -0.4 is 10.2 Å². The maximum Gasteiger partial charge on any atom is 0.217 e. The van der Waals surface area contributed by atoms with Crippen molar-refractivity contribution in [2.75, 3.05) is 23.3 Å². The SMILES string of the molecule is CC1(C)CN(CC(=O)c2cc3ccccc3o2)c2ccccc2N1. The highest BCUT2D eigenvalue weighted by atomic mass is 16.3. The molecule has 0 atom stereocenters. The van der Waals surface area contributed by atoms with E-state index in [9.17, 15) is 4.79 Å². The lowest BCUT2D eigenvalue weighted by molar-refractivity contribution is 0.0974. The molecule has 4 rings (SSSR count). The molecular weight excluding hydrogens is 300 g/mol. The molecule has 0 aliphatic carbocycles. The number of Topliss-reactive ketones (excluding diaryl/α,β-unsaturated/α-hetero) is 1. The van der Waals surface area contributed by atoms with Crippen LogP contribution in [0.4, 0.5) is 11.4 Å². The number of carbonyl (C=O) groups excluding carboxylic acids is 1. The van der Waals surface area contributed by atoms with E-state index >= 15 is 0 Å². The quantitative estimate of drug-likeness (QED) is 0.730. The highest BCUT2D eigenvalue weighted by Gasteiger charge is 2.30. The van der Waals surface area contributed by atoms with E-state index in [1.807, 2.05) is 48.5 Å². The molecule has 122 valence electrons. The zero-order valence-corrected chi connectivity index (χ0v) is 13.9. The lowest BCUT2D eigenvalue weighted by Crippen LogP contribution is -2.49. The summed E-state index contributed by atoms with van der Waals surface area (Å²) in [5.74, 6) is 0.420. The van der Waals surface area contributed by atoms with Crippen LogP contribution in [0.25, 0.3) is 11.0 Å². The first-order valence-corrected chi connectivity index (χ1v) is 8.16. The fraction of sp³-hybridized carbons (Fsp3) is 0.250. The number of anilines is 2. The molecule has 0 radical (unpaired) electrons. The average molecular weight is 320 g/mol. The Labute approximate surface area is 141 Å². The lowest BCUT2D eigenvalue weighted by Gasteiger charge is -2.41. The van der Waals surface area contributed by atoms with Crippen molar-refractivity contribution >= 4 is 28.1 Å². The van der Waals surface area contributed by atoms with Gasteiger partial charge in [-0.15, -0.1) is 0 Å². The summed E-state index contributed by atoms with van der Waals surface area (Å²) in [6.45, 7) is 5.35. The van der Waals surface area contributed by atoms with Crippen molar-refractivity contribution in [2.24, 2.45) is 0 Å². The van der Waals surface area contributed by atoms with Crippen LogP contribution in [0.2, 0.25) is 0 Å². The first kappa shape index (κ1) is 14.8. The molecule has 24 heavy (non-hydrogen) atoms. The van der Waals surface area contributed by atoms with Crippen LogP contribution in [-0.4, -0.2) is 24.4 Å². The minimum atomic E-state index is -0.0947. The molecule has 3 aromatic rings. The molecule has 0 saturated carbocycles. The van der Waals surface area contributed by atoms with Gasteiger partial charge in [0.15, 0.2) is 5.76 Å². The molecule has 1 aliphatic rings. The number of carbonyl (C=O) groups is 1. The molecule has 2 heterocycles. The molecule has 0 amide bonds. The summed E-state index contributed by atoms with van der Waals surface area (Å²) in [6.07, 6.45) is 0. The molecule has 2 aromatic carbocycles. The second kappa shape index (κ2) is 5.41. The van der Waals surface area contributed by atoms with Gasteiger partial charge in [0.05, 0.1) is 17.9 Å². The number of benzene rings is 2. The van der Waals surface area contributed by atoms with E-state index in [-0.39, 0.29) is 11.3 Å². The minimum Gasteiger partial charge on any atom is -0.453 e. The van der Waals surface area contributed by atoms with Crippen molar-refractivity contribution in [3.63, 3.8) is 0 Å². The number of nitrogens with one attached hydrogen (secondary N) is 1. The monoisotopic (exact) mass is 320 g/mol. The van der Waals surface area contributed by atoms with E-state index in [0.717, 1.165) is 28.9 Å². The zero-order chi connectivity index (χ0) is 16.7. The van der Waals surface area contributed by atoms with Gasteiger partial charge in [0.2, 0.25) is 5.78 Å². The van der Waals surface area contributed by atoms with Crippen LogP contribution in [0.15, 0.2) is 59.0 Å². The first-order chi connectivity index (χ1) is 11.5. The van der Waals surface area contributed by atoms with Gasteiger partial charge in [0, 0.05) is 17.5 Å². The Kier molecular flexibility index (Phi) is 3.34. The topological polar surface area (TPSA) is 45.5 Å². The van der Waals surface area contributed by atoms with E-state index in [0.29, 0.717) is 12.3 Å². The van der Waals surface area contributed by atoms with E-state index in [1.165, 1.54) is 0 Å². The maximum atomic E-state index is 12.7. The number of ketones is 1. The molecule has 1 aromatic heterocycles. The summed E-state index contributed by atoms with van der Waals surface area (Å²) in [5.41, 5.74) is 2.78. The van der Waals surface area contributed by atoms with Crippen molar-refractivity contribution < 1.29 is 9.21 Å². The Balaban J connectivity index is 1.63. The molecule has 0 fully saturated rings. The fourth-order valence-electron chi connectivity index (χ4n) is 3.33. The molecule has 0 saturated heterocycles. The average Bonchev–Trinajstić information content (AvgIpc) is 2.98. The zero-order valence-electron chi connectivity index (χ0n) is 13.9. The Morgan fingerprint density at radius 1 is 1.17 bits per heavy atom. The third kappa shape index (κ3) is 2.64. The Morgan fingerprint density at radius 3 is 2.75 bits per heavy atom. The molecule has 4 nitrogen and oxygen atoms in total. The second-order valence-electron chi connectivity index (χ2n) is 6.95. The van der Waals surface area contributed by atoms with Gasteiger partial charge in [0.25, 0.3) is 0 Å². The van der Waals surface area contributed by atoms with Gasteiger partial charge in [0.1, 0.15) is 5.58 Å². The summed E-state index contributed by atoms with van der Waals surface area (Å²) >= 11 is 0. The highest BCUT2D eigenvalue weighted by Crippen LogP contribution is 2.34. The minimum absolute atomic E-state index is 0.00120. The van der Waals surface area contributed by atoms with Gasteiger partial charge in [-0.25, -0.2) is 0 Å². The molecule has 4 heteroatoms. The van der Waals surface area contributed by atoms with Crippen molar-refractivity contribution in [3.8, 4) is 0 Å². The number of furan rings is 1. The summed E-state index contributed by atoms with van der Waals surface area (Å²) < 4.78 is 5.72. The molecule has 0 bridgehead atoms. The van der Waals surface area contributed by atoms with Crippen molar-refractivity contribution in [1.29, 1.82) is 0 Å². The largest absolute Gasteiger partial charge is 0.453 e. The van der Waals surface area contributed by atoms with E-state index < -0.39 is 0 Å². The van der Waals surface area contributed by atoms with Gasteiger partial charge in [-0.2, -0.15) is 0 Å². The predicted octanol–water partition coefficient (Wildman–Crippen LogP) is 4.33. The fourth-order valence-corrected chi connectivity index (χ4v) is 3.33. The third-order valence-corrected chi connectivity index (χ3v) is 4.34. The van der Waals surface area contributed by atoms with Gasteiger partial charge >= 0.3 is 0 Å². The van der Waals surface area contributed by atoms with Crippen molar-refractivity contribution in [1.82, 2.24) is 0 Å². The summed E-state index contributed by atoms with van der Waals surface area (Å²) in [5, 5.41) is 4.48. The molecule has 0 unspecified atom stereocenters. The summed E-state index contributed by atoms with van der Waals surface area (Å²) in [6, 6.07) is 17.6. The van der Waals surface area contributed by atoms with Crippen LogP contribution in [0.1, 0.15) is 24.4 Å². The Morgan fingerprint density at radius 2 is 1.92 bits per heavy atom. The first-order valence-electron chi connectivity index (χ1n) is 8.16. The van der Waals surface area contributed by atoms with E-state index in [1.54, 1.807) is 0 Å². The summed E-state index contributed by atoms with van der Waals surface area (Å²) in [7, 11) is 0.